The highest BCUT2D eigenvalue weighted by molar-refractivity contribution is 7.89. The molecular weight excluding hydrogens is 481 g/mol. The molecule has 10 nitrogen and oxygen atoms in total. The highest BCUT2D eigenvalue weighted by Crippen LogP contribution is 2.31. The predicted octanol–water partition coefficient (Wildman–Crippen LogP) is 1.15. The lowest BCUT2D eigenvalue weighted by molar-refractivity contribution is -0.144. The second kappa shape index (κ2) is 11.9. The Hall–Kier alpha value is -2.57. The van der Waals surface area contributed by atoms with Crippen LogP contribution in [0.15, 0.2) is 29.2 Å². The highest BCUT2D eigenvalue weighted by Gasteiger charge is 2.54. The van der Waals surface area contributed by atoms with Crippen molar-refractivity contribution in [2.75, 3.05) is 19.7 Å². The van der Waals surface area contributed by atoms with Crippen molar-refractivity contribution in [2.45, 2.75) is 74.5 Å². The number of esters is 1. The Balaban J connectivity index is 1.43. The summed E-state index contributed by atoms with van der Waals surface area (Å²) in [7, 11) is -3.73. The first kappa shape index (κ1) is 27.0. The molecule has 1 aliphatic carbocycles. The number of halogens is 1. The highest BCUT2D eigenvalue weighted by atomic mass is 32.2. The lowest BCUT2D eigenvalue weighted by atomic mass is 9.80. The Kier molecular flexibility index (Phi) is 9.20. The maximum atomic E-state index is 13.0. The van der Waals surface area contributed by atoms with E-state index in [-0.39, 0.29) is 24.0 Å². The van der Waals surface area contributed by atoms with Gasteiger partial charge in [0.1, 0.15) is 11.4 Å². The van der Waals surface area contributed by atoms with Crippen molar-refractivity contribution in [3.63, 3.8) is 0 Å². The number of carbonyl (C=O) groups is 3. The Labute approximate surface area is 204 Å². The number of benzene rings is 1. The maximum absolute atomic E-state index is 13.0. The summed E-state index contributed by atoms with van der Waals surface area (Å²) in [5.74, 6) is -1.92. The van der Waals surface area contributed by atoms with Gasteiger partial charge in [-0.05, 0) is 56.9 Å². The second-order valence-electron chi connectivity index (χ2n) is 8.68. The largest absolute Gasteiger partial charge is 0.464 e. The molecule has 35 heavy (non-hydrogen) atoms. The minimum absolute atomic E-state index is 0.0213. The zero-order valence-electron chi connectivity index (χ0n) is 19.7. The van der Waals surface area contributed by atoms with Crippen LogP contribution in [0.3, 0.4) is 0 Å². The first-order valence-corrected chi connectivity index (χ1v) is 13.3. The summed E-state index contributed by atoms with van der Waals surface area (Å²) in [6.07, 6.45) is 2.60. The van der Waals surface area contributed by atoms with Crippen LogP contribution in [0.2, 0.25) is 0 Å². The summed E-state index contributed by atoms with van der Waals surface area (Å²) in [5, 5.41) is 5.66. The summed E-state index contributed by atoms with van der Waals surface area (Å²) in [6.45, 7) is 2.32. The lowest BCUT2D eigenvalue weighted by Crippen LogP contribution is -2.60. The van der Waals surface area contributed by atoms with Gasteiger partial charge in [-0.2, -0.15) is 0 Å². The molecule has 2 atom stereocenters. The summed E-state index contributed by atoms with van der Waals surface area (Å²) < 4.78 is 49.9. The van der Waals surface area contributed by atoms with Crippen LogP contribution < -0.4 is 15.4 Å². The third-order valence-corrected chi connectivity index (χ3v) is 7.56. The van der Waals surface area contributed by atoms with Crippen molar-refractivity contribution in [1.82, 2.24) is 15.4 Å². The van der Waals surface area contributed by atoms with E-state index < -0.39 is 45.5 Å². The molecule has 1 saturated carbocycles. The van der Waals surface area contributed by atoms with Gasteiger partial charge in [0.05, 0.1) is 11.5 Å². The van der Waals surface area contributed by atoms with Crippen molar-refractivity contribution in [3.05, 3.63) is 30.1 Å². The van der Waals surface area contributed by atoms with E-state index in [1.807, 2.05) is 0 Å². The predicted molar refractivity (Wildman–Crippen MR) is 123 cm³/mol. The van der Waals surface area contributed by atoms with Gasteiger partial charge >= 0.3 is 5.97 Å². The van der Waals surface area contributed by atoms with Crippen LogP contribution >= 0.6 is 0 Å². The summed E-state index contributed by atoms with van der Waals surface area (Å²) in [6, 6.07) is 4.54. The number of nitrogens with one attached hydrogen (secondary N) is 3. The molecule has 1 heterocycles. The van der Waals surface area contributed by atoms with Crippen LogP contribution in [-0.4, -0.2) is 63.6 Å². The molecule has 2 aliphatic rings. The third-order valence-electron chi connectivity index (χ3n) is 6.08. The van der Waals surface area contributed by atoms with Crippen molar-refractivity contribution in [2.24, 2.45) is 0 Å². The van der Waals surface area contributed by atoms with Gasteiger partial charge in [-0.25, -0.2) is 22.3 Å². The van der Waals surface area contributed by atoms with Gasteiger partial charge in [0.15, 0.2) is 12.2 Å². The van der Waals surface area contributed by atoms with Crippen molar-refractivity contribution < 1.29 is 36.7 Å². The molecule has 194 valence electrons. The summed E-state index contributed by atoms with van der Waals surface area (Å²) in [5.41, 5.74) is -1.06. The number of ether oxygens (including phenoxy) is 2. The van der Waals surface area contributed by atoms with Gasteiger partial charge in [0.2, 0.25) is 15.9 Å². The fourth-order valence-electron chi connectivity index (χ4n) is 4.11. The third kappa shape index (κ3) is 7.21. The molecule has 1 aliphatic heterocycles. The fourth-order valence-corrected chi connectivity index (χ4v) is 5.19. The van der Waals surface area contributed by atoms with E-state index in [0.29, 0.717) is 32.2 Å². The summed E-state index contributed by atoms with van der Waals surface area (Å²) in [4.78, 5) is 37.4. The maximum Gasteiger partial charge on any atom is 0.338 e. The van der Waals surface area contributed by atoms with Crippen molar-refractivity contribution in [1.29, 1.82) is 0 Å². The van der Waals surface area contributed by atoms with Crippen LogP contribution in [0, 0.1) is 5.82 Å². The normalized spacial score (nSPS) is 21.1. The molecule has 2 amide bonds. The molecule has 0 radical (unpaired) electrons. The molecular formula is C23H32FN3O7S. The molecule has 1 aromatic rings. The molecule has 0 aromatic heterocycles. The van der Waals surface area contributed by atoms with Gasteiger partial charge in [-0.15, -0.1) is 0 Å². The number of carbonyl (C=O) groups excluding carboxylic acids is 3. The minimum Gasteiger partial charge on any atom is -0.464 e. The van der Waals surface area contributed by atoms with E-state index in [1.165, 1.54) is 12.1 Å². The van der Waals surface area contributed by atoms with Gasteiger partial charge in [-0.3, -0.25) is 9.59 Å². The molecule has 3 N–H and O–H groups in total. The van der Waals surface area contributed by atoms with Crippen LogP contribution in [0.1, 0.15) is 51.9 Å². The number of sulfonamides is 1. The standard InChI is InChI=1S/C23H32FN3O7S/c1-2-33-21(29)19-18(34-19)20(28)27-23(12-4-3-5-13-23)22(30)25-14-6-7-15-26-35(31,32)17-10-8-16(24)9-11-17/h8-11,18-19,26H,2-7,12-15H2,1H3,(H,25,30)(H,27,28)/t18-,19-/m0/s1. The van der Waals surface area contributed by atoms with Crippen LogP contribution in [0.4, 0.5) is 4.39 Å². The van der Waals surface area contributed by atoms with Crippen molar-refractivity contribution >= 4 is 27.8 Å². The Morgan fingerprint density at radius 2 is 1.71 bits per heavy atom. The molecule has 3 rings (SSSR count). The summed E-state index contributed by atoms with van der Waals surface area (Å²) >= 11 is 0. The van der Waals surface area contributed by atoms with Gasteiger partial charge in [0.25, 0.3) is 5.91 Å². The molecule has 12 heteroatoms. The van der Waals surface area contributed by atoms with Gasteiger partial charge in [-0.1, -0.05) is 19.3 Å². The first-order valence-electron chi connectivity index (χ1n) is 11.9. The molecule has 0 unspecified atom stereocenters. The smallest absolute Gasteiger partial charge is 0.338 e. The van der Waals surface area contributed by atoms with Crippen LogP contribution in [-0.2, 0) is 33.9 Å². The Morgan fingerprint density at radius 1 is 1.06 bits per heavy atom. The topological polar surface area (TPSA) is 143 Å². The number of hydrogen-bond acceptors (Lipinski definition) is 7. The SMILES string of the molecule is CCOC(=O)[C@H]1O[C@@H]1C(=O)NC1(C(=O)NCCCCNS(=O)(=O)c2ccc(F)cc2)CCCCC1. The average molecular weight is 514 g/mol. The number of rotatable bonds is 12. The van der Waals surface area contributed by atoms with E-state index in [0.717, 1.165) is 31.4 Å². The molecule has 0 spiro atoms. The molecule has 1 saturated heterocycles. The number of amides is 2. The molecule has 2 fully saturated rings. The lowest BCUT2D eigenvalue weighted by Gasteiger charge is -2.36. The zero-order chi connectivity index (χ0) is 25.5. The fraction of sp³-hybridized carbons (Fsp3) is 0.609. The van der Waals surface area contributed by atoms with Crippen molar-refractivity contribution in [3.8, 4) is 0 Å². The number of hydrogen-bond donors (Lipinski definition) is 3. The number of unbranched alkanes of at least 4 members (excludes halogenated alkanes) is 1. The monoisotopic (exact) mass is 513 g/mol. The van der Waals surface area contributed by atoms with Crippen LogP contribution in [0.25, 0.3) is 0 Å². The van der Waals surface area contributed by atoms with Gasteiger partial charge in [0, 0.05) is 13.1 Å². The van der Waals surface area contributed by atoms with E-state index in [2.05, 4.69) is 15.4 Å². The number of epoxide rings is 1. The van der Waals surface area contributed by atoms with E-state index in [4.69, 9.17) is 9.47 Å². The second-order valence-corrected chi connectivity index (χ2v) is 10.4. The molecule has 0 bridgehead atoms. The minimum atomic E-state index is -3.73. The Bertz CT molecular complexity index is 1010. The quantitative estimate of drug-likeness (QED) is 0.216. The van der Waals surface area contributed by atoms with E-state index in [1.54, 1.807) is 6.92 Å². The zero-order valence-corrected chi connectivity index (χ0v) is 20.5. The van der Waals surface area contributed by atoms with Gasteiger partial charge < -0.3 is 20.1 Å². The average Bonchev–Trinajstić information content (AvgIpc) is 3.63. The molecule has 1 aromatic carbocycles. The van der Waals surface area contributed by atoms with E-state index >= 15 is 0 Å². The van der Waals surface area contributed by atoms with Crippen LogP contribution in [0.5, 0.6) is 0 Å². The Morgan fingerprint density at radius 3 is 2.37 bits per heavy atom. The van der Waals surface area contributed by atoms with E-state index in [9.17, 15) is 27.2 Å². The first-order chi connectivity index (χ1) is 16.7.